The summed E-state index contributed by atoms with van der Waals surface area (Å²) in [7, 11) is -3.67. The van der Waals surface area contributed by atoms with Gasteiger partial charge < -0.3 is 5.73 Å². The minimum absolute atomic E-state index is 0.175. The number of benzene rings is 2. The second-order valence-electron chi connectivity index (χ2n) is 4.59. The smallest absolute Gasteiger partial charge is 0.238 e. The van der Waals surface area contributed by atoms with Crippen LogP contribution in [0.5, 0.6) is 0 Å². The fourth-order valence-corrected chi connectivity index (χ4v) is 2.79. The van der Waals surface area contributed by atoms with E-state index in [1.165, 1.54) is 0 Å². The van der Waals surface area contributed by atoms with E-state index in [1.54, 1.807) is 12.1 Å². The van der Waals surface area contributed by atoms with Gasteiger partial charge in [-0.25, -0.2) is 13.6 Å². The molecule has 5 heteroatoms. The maximum atomic E-state index is 11.5. The van der Waals surface area contributed by atoms with Crippen LogP contribution in [0, 0.1) is 0 Å². The molecule has 0 saturated carbocycles. The Morgan fingerprint density at radius 3 is 2.47 bits per heavy atom. The van der Waals surface area contributed by atoms with Crippen LogP contribution in [-0.4, -0.2) is 15.0 Å². The van der Waals surface area contributed by atoms with Gasteiger partial charge in [-0.2, -0.15) is 0 Å². The third-order valence-corrected chi connectivity index (χ3v) is 4.04. The largest absolute Gasteiger partial charge is 0.330 e. The van der Waals surface area contributed by atoms with Gasteiger partial charge in [-0.05, 0) is 54.3 Å². The second kappa shape index (κ2) is 5.69. The van der Waals surface area contributed by atoms with Crippen LogP contribution >= 0.6 is 0 Å². The highest BCUT2D eigenvalue weighted by molar-refractivity contribution is 7.89. The summed E-state index contributed by atoms with van der Waals surface area (Å²) in [6.45, 7) is 0.646. The molecule has 2 aromatic rings. The van der Waals surface area contributed by atoms with E-state index in [0.29, 0.717) is 6.54 Å². The normalized spacial score (nSPS) is 11.9. The molecule has 0 saturated heterocycles. The first-order chi connectivity index (χ1) is 9.02. The Balaban J connectivity index is 2.52. The average Bonchev–Trinajstić information content (AvgIpc) is 2.37. The number of unbranched alkanes of at least 4 members (excludes halogenated alkanes) is 1. The summed E-state index contributed by atoms with van der Waals surface area (Å²) < 4.78 is 23.0. The van der Waals surface area contributed by atoms with E-state index in [4.69, 9.17) is 10.9 Å². The standard InChI is InChI=1S/C14H18N2O2S/c15-8-4-3-6-12-10-13(19(16,17)18)9-11-5-1-2-7-14(11)12/h1-2,5,7,9-10H,3-4,6,8,15H2,(H2,16,17,18). The molecule has 0 aliphatic carbocycles. The maximum absolute atomic E-state index is 11.5. The molecule has 0 amide bonds. The molecule has 0 aliphatic rings. The van der Waals surface area contributed by atoms with Crippen LogP contribution in [0.3, 0.4) is 0 Å². The van der Waals surface area contributed by atoms with E-state index >= 15 is 0 Å². The number of sulfonamides is 1. The van der Waals surface area contributed by atoms with Crippen molar-refractivity contribution in [2.45, 2.75) is 24.2 Å². The van der Waals surface area contributed by atoms with Crippen molar-refractivity contribution in [2.75, 3.05) is 6.54 Å². The fourth-order valence-electron chi connectivity index (χ4n) is 2.19. The van der Waals surface area contributed by atoms with Crippen molar-refractivity contribution in [2.24, 2.45) is 10.9 Å². The van der Waals surface area contributed by atoms with E-state index in [-0.39, 0.29) is 4.90 Å². The van der Waals surface area contributed by atoms with E-state index in [1.807, 2.05) is 24.3 Å². The van der Waals surface area contributed by atoms with Gasteiger partial charge in [0, 0.05) is 0 Å². The number of hydrogen-bond acceptors (Lipinski definition) is 3. The zero-order chi connectivity index (χ0) is 13.9. The van der Waals surface area contributed by atoms with Crippen LogP contribution in [0.4, 0.5) is 0 Å². The molecule has 0 heterocycles. The Hall–Kier alpha value is -1.43. The summed E-state index contributed by atoms with van der Waals surface area (Å²) in [4.78, 5) is 0.175. The molecule has 19 heavy (non-hydrogen) atoms. The highest BCUT2D eigenvalue weighted by atomic mass is 32.2. The minimum Gasteiger partial charge on any atom is -0.330 e. The third kappa shape index (κ3) is 3.32. The Labute approximate surface area is 113 Å². The fraction of sp³-hybridized carbons (Fsp3) is 0.286. The van der Waals surface area contributed by atoms with Crippen molar-refractivity contribution in [3.05, 3.63) is 42.0 Å². The van der Waals surface area contributed by atoms with Crippen molar-refractivity contribution in [3.63, 3.8) is 0 Å². The zero-order valence-electron chi connectivity index (χ0n) is 10.7. The molecular formula is C14H18N2O2S. The summed E-state index contributed by atoms with van der Waals surface area (Å²) >= 11 is 0. The monoisotopic (exact) mass is 278 g/mol. The zero-order valence-corrected chi connectivity index (χ0v) is 11.5. The van der Waals surface area contributed by atoms with E-state index < -0.39 is 10.0 Å². The SMILES string of the molecule is NCCCCc1cc(S(N)(=O)=O)cc2ccccc12. The second-order valence-corrected chi connectivity index (χ2v) is 6.16. The quantitative estimate of drug-likeness (QED) is 0.817. The number of nitrogens with two attached hydrogens (primary N) is 2. The van der Waals surface area contributed by atoms with Crippen molar-refractivity contribution in [3.8, 4) is 0 Å². The lowest BCUT2D eigenvalue weighted by Gasteiger charge is -2.09. The first kappa shape index (κ1) is 14.0. The first-order valence-electron chi connectivity index (χ1n) is 6.27. The highest BCUT2D eigenvalue weighted by Crippen LogP contribution is 2.24. The lowest BCUT2D eigenvalue weighted by molar-refractivity contribution is 0.597. The van der Waals surface area contributed by atoms with Gasteiger partial charge in [0.15, 0.2) is 0 Å². The Bertz CT molecular complexity index is 681. The van der Waals surface area contributed by atoms with Gasteiger partial charge in [0.25, 0.3) is 0 Å². The van der Waals surface area contributed by atoms with Crippen LogP contribution in [0.1, 0.15) is 18.4 Å². The van der Waals surface area contributed by atoms with Gasteiger partial charge in [0.1, 0.15) is 0 Å². The molecule has 0 spiro atoms. The topological polar surface area (TPSA) is 86.2 Å². The molecule has 4 nitrogen and oxygen atoms in total. The lowest BCUT2D eigenvalue weighted by Crippen LogP contribution is -2.12. The van der Waals surface area contributed by atoms with E-state index in [2.05, 4.69) is 0 Å². The predicted molar refractivity (Wildman–Crippen MR) is 77.3 cm³/mol. The number of hydrogen-bond donors (Lipinski definition) is 2. The first-order valence-corrected chi connectivity index (χ1v) is 7.81. The van der Waals surface area contributed by atoms with Gasteiger partial charge in [-0.1, -0.05) is 24.3 Å². The third-order valence-electron chi connectivity index (χ3n) is 3.15. The van der Waals surface area contributed by atoms with Crippen LogP contribution in [-0.2, 0) is 16.4 Å². The van der Waals surface area contributed by atoms with Crippen molar-refractivity contribution >= 4 is 20.8 Å². The molecule has 2 aromatic carbocycles. The number of fused-ring (bicyclic) bond motifs is 1. The molecule has 0 fully saturated rings. The Morgan fingerprint density at radius 1 is 1.05 bits per heavy atom. The predicted octanol–water partition coefficient (Wildman–Crippen LogP) is 1.77. The van der Waals surface area contributed by atoms with Gasteiger partial charge >= 0.3 is 0 Å². The molecular weight excluding hydrogens is 260 g/mol. The Morgan fingerprint density at radius 2 is 1.79 bits per heavy atom. The summed E-state index contributed by atoms with van der Waals surface area (Å²) in [6.07, 6.45) is 2.67. The molecule has 0 aliphatic heterocycles. The molecule has 0 atom stereocenters. The van der Waals surface area contributed by atoms with Gasteiger partial charge in [0.05, 0.1) is 4.90 Å². The summed E-state index contributed by atoms with van der Waals surface area (Å²) in [5.41, 5.74) is 6.50. The van der Waals surface area contributed by atoms with E-state index in [9.17, 15) is 8.42 Å². The van der Waals surface area contributed by atoms with Crippen LogP contribution in [0.25, 0.3) is 10.8 Å². The molecule has 0 unspecified atom stereocenters. The molecule has 0 radical (unpaired) electrons. The molecule has 0 aromatic heterocycles. The van der Waals surface area contributed by atoms with Crippen molar-refractivity contribution < 1.29 is 8.42 Å². The number of aryl methyl sites for hydroxylation is 1. The summed E-state index contributed by atoms with van der Waals surface area (Å²) in [5.74, 6) is 0. The molecule has 4 N–H and O–H groups in total. The van der Waals surface area contributed by atoms with E-state index in [0.717, 1.165) is 35.6 Å². The van der Waals surface area contributed by atoms with Crippen LogP contribution in [0.2, 0.25) is 0 Å². The van der Waals surface area contributed by atoms with Crippen LogP contribution in [0.15, 0.2) is 41.3 Å². The lowest BCUT2D eigenvalue weighted by atomic mass is 10.0. The number of rotatable bonds is 5. The van der Waals surface area contributed by atoms with Crippen LogP contribution < -0.4 is 10.9 Å². The number of primary sulfonamides is 1. The van der Waals surface area contributed by atoms with Gasteiger partial charge in [0.2, 0.25) is 10.0 Å². The Kier molecular flexibility index (Phi) is 4.19. The molecule has 0 bridgehead atoms. The maximum Gasteiger partial charge on any atom is 0.238 e. The summed E-state index contributed by atoms with van der Waals surface area (Å²) in [5, 5.41) is 7.20. The molecule has 102 valence electrons. The van der Waals surface area contributed by atoms with Gasteiger partial charge in [-0.15, -0.1) is 0 Å². The molecule has 2 rings (SSSR count). The minimum atomic E-state index is -3.67. The highest BCUT2D eigenvalue weighted by Gasteiger charge is 2.11. The summed E-state index contributed by atoms with van der Waals surface area (Å²) in [6, 6.07) is 11.0. The van der Waals surface area contributed by atoms with Crippen molar-refractivity contribution in [1.82, 2.24) is 0 Å². The van der Waals surface area contributed by atoms with Crippen molar-refractivity contribution in [1.29, 1.82) is 0 Å². The van der Waals surface area contributed by atoms with Gasteiger partial charge in [-0.3, -0.25) is 0 Å². The average molecular weight is 278 g/mol.